The molecule has 7 heteroatoms. The number of carbonyl (C=O) groups excluding carboxylic acids is 2. The van der Waals surface area contributed by atoms with Gasteiger partial charge in [0.05, 0.1) is 26.7 Å². The topological polar surface area (TPSA) is 71.1 Å². The van der Waals surface area contributed by atoms with Gasteiger partial charge in [0.2, 0.25) is 5.91 Å². The lowest BCUT2D eigenvalue weighted by atomic mass is 10.0. The van der Waals surface area contributed by atoms with E-state index < -0.39 is 6.04 Å². The van der Waals surface area contributed by atoms with Crippen LogP contribution in [0.3, 0.4) is 0 Å². The Hall–Kier alpha value is -4.62. The molecule has 210 valence electrons. The molecule has 4 aromatic carbocycles. The lowest BCUT2D eigenvalue weighted by Gasteiger charge is -2.32. The zero-order chi connectivity index (χ0) is 28.4. The maximum Gasteiger partial charge on any atom is 0.251 e. The number of amides is 2. The van der Waals surface area contributed by atoms with E-state index in [2.05, 4.69) is 10.2 Å². The highest BCUT2D eigenvalue weighted by molar-refractivity contribution is 5.98. The van der Waals surface area contributed by atoms with E-state index in [0.29, 0.717) is 18.9 Å². The van der Waals surface area contributed by atoms with Gasteiger partial charge in [-0.1, -0.05) is 72.8 Å². The lowest BCUT2D eigenvalue weighted by molar-refractivity contribution is -0.139. The molecule has 0 aromatic heterocycles. The van der Waals surface area contributed by atoms with E-state index in [1.807, 2.05) is 109 Å². The van der Waals surface area contributed by atoms with E-state index in [9.17, 15) is 9.59 Å². The summed E-state index contributed by atoms with van der Waals surface area (Å²) in [5.74, 6) is 0.317. The summed E-state index contributed by atoms with van der Waals surface area (Å²) < 4.78 is 10.8. The SMILES string of the molecule is COc1ccc(CN(C(=O)Cc2ccccc2)[C@@H](C(=O)Nc2ccc(N3CCOCC3)cc2)c2ccccc2)cc1. The van der Waals surface area contributed by atoms with E-state index in [0.717, 1.165) is 41.2 Å². The molecule has 0 bridgehead atoms. The van der Waals surface area contributed by atoms with Gasteiger partial charge in [0, 0.05) is 31.0 Å². The number of hydrogen-bond acceptors (Lipinski definition) is 5. The van der Waals surface area contributed by atoms with Crippen LogP contribution in [0.2, 0.25) is 0 Å². The fourth-order valence-electron chi connectivity index (χ4n) is 5.02. The monoisotopic (exact) mass is 549 g/mol. The van der Waals surface area contributed by atoms with E-state index in [1.165, 1.54) is 0 Å². The highest BCUT2D eigenvalue weighted by Crippen LogP contribution is 2.28. The second-order valence-electron chi connectivity index (χ2n) is 9.98. The number of hydrogen-bond donors (Lipinski definition) is 1. The number of benzene rings is 4. The number of rotatable bonds is 10. The van der Waals surface area contributed by atoms with Gasteiger partial charge >= 0.3 is 0 Å². The normalized spacial score (nSPS) is 13.7. The van der Waals surface area contributed by atoms with Crippen molar-refractivity contribution in [3.8, 4) is 5.75 Å². The zero-order valence-electron chi connectivity index (χ0n) is 23.2. The number of nitrogens with zero attached hydrogens (tertiary/aromatic N) is 2. The Labute approximate surface area is 241 Å². The van der Waals surface area contributed by atoms with Gasteiger partial charge in [-0.25, -0.2) is 0 Å². The van der Waals surface area contributed by atoms with Crippen LogP contribution in [0.25, 0.3) is 0 Å². The number of nitrogens with one attached hydrogen (secondary N) is 1. The molecular formula is C34H35N3O4. The van der Waals surface area contributed by atoms with Crippen molar-refractivity contribution in [2.75, 3.05) is 43.6 Å². The maximum absolute atomic E-state index is 14.0. The van der Waals surface area contributed by atoms with E-state index in [4.69, 9.17) is 9.47 Å². The number of morpholine rings is 1. The Morgan fingerprint density at radius 2 is 1.46 bits per heavy atom. The van der Waals surface area contributed by atoms with Crippen molar-refractivity contribution in [2.45, 2.75) is 19.0 Å². The minimum Gasteiger partial charge on any atom is -0.497 e. The minimum atomic E-state index is -0.839. The first kappa shape index (κ1) is 27.9. The lowest BCUT2D eigenvalue weighted by Crippen LogP contribution is -2.41. The Morgan fingerprint density at radius 1 is 0.829 bits per heavy atom. The van der Waals surface area contributed by atoms with Crippen molar-refractivity contribution in [2.24, 2.45) is 0 Å². The van der Waals surface area contributed by atoms with Gasteiger partial charge in [0.25, 0.3) is 5.91 Å². The Balaban J connectivity index is 1.44. The highest BCUT2D eigenvalue weighted by Gasteiger charge is 2.32. The maximum atomic E-state index is 14.0. The van der Waals surface area contributed by atoms with Crippen LogP contribution in [-0.2, 0) is 27.3 Å². The Kier molecular flexibility index (Phi) is 9.29. The first-order valence-corrected chi connectivity index (χ1v) is 13.9. The van der Waals surface area contributed by atoms with Crippen molar-refractivity contribution in [3.05, 3.63) is 126 Å². The second kappa shape index (κ2) is 13.6. The zero-order valence-corrected chi connectivity index (χ0v) is 23.2. The third kappa shape index (κ3) is 7.32. The molecule has 1 atom stereocenters. The molecule has 41 heavy (non-hydrogen) atoms. The van der Waals surface area contributed by atoms with Crippen molar-refractivity contribution in [1.29, 1.82) is 0 Å². The predicted molar refractivity (Wildman–Crippen MR) is 161 cm³/mol. The van der Waals surface area contributed by atoms with Crippen LogP contribution in [0.4, 0.5) is 11.4 Å². The van der Waals surface area contributed by atoms with Crippen LogP contribution in [-0.4, -0.2) is 50.1 Å². The van der Waals surface area contributed by atoms with E-state index in [1.54, 1.807) is 12.0 Å². The van der Waals surface area contributed by atoms with Gasteiger partial charge in [0.15, 0.2) is 0 Å². The summed E-state index contributed by atoms with van der Waals surface area (Å²) in [5.41, 5.74) is 4.29. The summed E-state index contributed by atoms with van der Waals surface area (Å²) in [7, 11) is 1.62. The van der Waals surface area contributed by atoms with Crippen LogP contribution in [0, 0.1) is 0 Å². The standard InChI is InChI=1S/C34H35N3O4/c1-40-31-18-12-27(13-19-31)25-37(32(38)24-26-8-4-2-5-9-26)33(28-10-6-3-7-11-28)34(39)35-29-14-16-30(17-15-29)36-20-22-41-23-21-36/h2-19,33H,20-25H2,1H3,(H,35,39)/t33-/m1/s1. The molecule has 0 saturated carbocycles. The third-order valence-corrected chi connectivity index (χ3v) is 7.22. The molecule has 1 saturated heterocycles. The van der Waals surface area contributed by atoms with Crippen LogP contribution >= 0.6 is 0 Å². The molecule has 0 radical (unpaired) electrons. The largest absolute Gasteiger partial charge is 0.497 e. The molecule has 2 amide bonds. The van der Waals surface area contributed by atoms with Gasteiger partial charge in [-0.2, -0.15) is 0 Å². The predicted octanol–water partition coefficient (Wildman–Crippen LogP) is 5.48. The summed E-state index contributed by atoms with van der Waals surface area (Å²) in [6, 6.07) is 33.6. The summed E-state index contributed by atoms with van der Waals surface area (Å²) in [4.78, 5) is 31.9. The summed E-state index contributed by atoms with van der Waals surface area (Å²) in [6.45, 7) is 3.35. The molecule has 1 fully saturated rings. The molecule has 4 aromatic rings. The second-order valence-corrected chi connectivity index (χ2v) is 9.98. The van der Waals surface area contributed by atoms with Crippen LogP contribution in [0.15, 0.2) is 109 Å². The molecule has 7 nitrogen and oxygen atoms in total. The Bertz CT molecular complexity index is 1400. The molecular weight excluding hydrogens is 514 g/mol. The van der Waals surface area contributed by atoms with Gasteiger partial charge in [0.1, 0.15) is 11.8 Å². The third-order valence-electron chi connectivity index (χ3n) is 7.22. The Morgan fingerprint density at radius 3 is 2.10 bits per heavy atom. The van der Waals surface area contributed by atoms with Gasteiger partial charge < -0.3 is 24.6 Å². The van der Waals surface area contributed by atoms with Crippen molar-refractivity contribution in [1.82, 2.24) is 4.90 Å². The average Bonchev–Trinajstić information content (AvgIpc) is 3.03. The van der Waals surface area contributed by atoms with Gasteiger partial charge in [-0.15, -0.1) is 0 Å². The number of carbonyl (C=O) groups is 2. The van der Waals surface area contributed by atoms with E-state index >= 15 is 0 Å². The fraction of sp³-hybridized carbons (Fsp3) is 0.235. The number of anilines is 2. The molecule has 1 N–H and O–H groups in total. The minimum absolute atomic E-state index is 0.140. The van der Waals surface area contributed by atoms with Crippen LogP contribution < -0.4 is 15.0 Å². The number of methoxy groups -OCH3 is 1. The van der Waals surface area contributed by atoms with Crippen LogP contribution in [0.1, 0.15) is 22.7 Å². The summed E-state index contributed by atoms with van der Waals surface area (Å²) >= 11 is 0. The first-order chi connectivity index (χ1) is 20.1. The molecule has 1 aliphatic rings. The van der Waals surface area contributed by atoms with Crippen molar-refractivity contribution >= 4 is 23.2 Å². The molecule has 5 rings (SSSR count). The van der Waals surface area contributed by atoms with Crippen molar-refractivity contribution < 1.29 is 19.1 Å². The molecule has 0 aliphatic carbocycles. The van der Waals surface area contributed by atoms with Crippen molar-refractivity contribution in [3.63, 3.8) is 0 Å². The summed E-state index contributed by atoms with van der Waals surface area (Å²) in [6.07, 6.45) is 0.182. The first-order valence-electron chi connectivity index (χ1n) is 13.9. The van der Waals surface area contributed by atoms with Gasteiger partial charge in [-0.05, 0) is 53.1 Å². The summed E-state index contributed by atoms with van der Waals surface area (Å²) in [5, 5.41) is 3.08. The van der Waals surface area contributed by atoms with E-state index in [-0.39, 0.29) is 24.8 Å². The van der Waals surface area contributed by atoms with Crippen LogP contribution in [0.5, 0.6) is 5.75 Å². The molecule has 1 aliphatic heterocycles. The number of ether oxygens (including phenoxy) is 2. The average molecular weight is 550 g/mol. The molecule has 1 heterocycles. The quantitative estimate of drug-likeness (QED) is 0.284. The molecule has 0 spiro atoms. The highest BCUT2D eigenvalue weighted by atomic mass is 16.5. The molecule has 0 unspecified atom stereocenters. The van der Waals surface area contributed by atoms with Gasteiger partial charge in [-0.3, -0.25) is 9.59 Å². The smallest absolute Gasteiger partial charge is 0.251 e. The fourth-order valence-corrected chi connectivity index (χ4v) is 5.02.